The van der Waals surface area contributed by atoms with E-state index in [4.69, 9.17) is 0 Å². The predicted molar refractivity (Wildman–Crippen MR) is 74.7 cm³/mol. The van der Waals surface area contributed by atoms with Crippen LogP contribution in [0.4, 0.5) is 0 Å². The van der Waals surface area contributed by atoms with Crippen LogP contribution >= 0.6 is 11.8 Å². The predicted octanol–water partition coefficient (Wildman–Crippen LogP) is 2.08. The lowest BCUT2D eigenvalue weighted by atomic mass is 9.82. The van der Waals surface area contributed by atoms with E-state index in [-0.39, 0.29) is 0 Å². The summed E-state index contributed by atoms with van der Waals surface area (Å²) in [6.07, 6.45) is 6.82. The van der Waals surface area contributed by atoms with Gasteiger partial charge in [0.05, 0.1) is 6.54 Å². The number of aliphatic imine (C=N–C) groups is 1. The molecule has 3 nitrogen and oxygen atoms in total. The number of rotatable bonds is 1. The van der Waals surface area contributed by atoms with E-state index in [1.54, 1.807) is 0 Å². The van der Waals surface area contributed by atoms with Gasteiger partial charge in [-0.15, -0.1) is 0 Å². The molecule has 0 aromatic rings. The van der Waals surface area contributed by atoms with E-state index in [2.05, 4.69) is 29.2 Å². The van der Waals surface area contributed by atoms with Crippen molar-refractivity contribution >= 4 is 16.9 Å². The number of hydrogen-bond acceptors (Lipinski definition) is 4. The average molecular weight is 253 g/mol. The Morgan fingerprint density at radius 3 is 2.59 bits per heavy atom. The molecule has 3 aliphatic heterocycles. The molecule has 0 aliphatic carbocycles. The lowest BCUT2D eigenvalue weighted by Gasteiger charge is -2.47. The zero-order valence-corrected chi connectivity index (χ0v) is 11.7. The molecular weight excluding hydrogens is 230 g/mol. The van der Waals surface area contributed by atoms with Gasteiger partial charge in [0.2, 0.25) is 0 Å². The van der Waals surface area contributed by atoms with Crippen molar-refractivity contribution < 1.29 is 0 Å². The van der Waals surface area contributed by atoms with E-state index in [0.29, 0.717) is 11.3 Å². The second-order valence-corrected chi connectivity index (χ2v) is 7.22. The first-order valence-corrected chi connectivity index (χ1v) is 7.80. The first-order chi connectivity index (χ1) is 8.22. The van der Waals surface area contributed by atoms with Crippen LogP contribution in [0.2, 0.25) is 0 Å². The number of hydrogen-bond donors (Lipinski definition) is 1. The van der Waals surface area contributed by atoms with Crippen LogP contribution in [0.1, 0.15) is 39.0 Å². The van der Waals surface area contributed by atoms with Crippen LogP contribution < -0.4 is 5.32 Å². The van der Waals surface area contributed by atoms with Crippen molar-refractivity contribution in [1.82, 2.24) is 10.2 Å². The zero-order valence-electron chi connectivity index (χ0n) is 10.9. The number of amidine groups is 1. The lowest BCUT2D eigenvalue weighted by molar-refractivity contribution is 0.0530. The lowest BCUT2D eigenvalue weighted by Crippen LogP contribution is -2.55. The van der Waals surface area contributed by atoms with Crippen LogP contribution in [0, 0.1) is 0 Å². The molecule has 0 spiro atoms. The summed E-state index contributed by atoms with van der Waals surface area (Å²) >= 11 is 1.91. The molecule has 2 saturated heterocycles. The third kappa shape index (κ3) is 2.48. The molecule has 17 heavy (non-hydrogen) atoms. The Labute approximate surface area is 108 Å². The summed E-state index contributed by atoms with van der Waals surface area (Å²) in [5.41, 5.74) is 0. The van der Waals surface area contributed by atoms with Gasteiger partial charge in [0, 0.05) is 23.4 Å². The number of nitrogens with one attached hydrogen (secondary N) is 1. The van der Waals surface area contributed by atoms with Crippen LogP contribution in [-0.2, 0) is 0 Å². The molecular formula is C13H23N3S. The van der Waals surface area contributed by atoms with Gasteiger partial charge in [-0.25, -0.2) is 0 Å². The molecule has 4 heteroatoms. The Hall–Kier alpha value is -0.220. The van der Waals surface area contributed by atoms with Crippen molar-refractivity contribution in [3.8, 4) is 0 Å². The van der Waals surface area contributed by atoms with Gasteiger partial charge in [0.1, 0.15) is 0 Å². The summed E-state index contributed by atoms with van der Waals surface area (Å²) in [5, 5.41) is 5.55. The number of nitrogens with zero attached hydrogens (tertiary/aromatic N) is 2. The Balaban J connectivity index is 1.59. The maximum absolute atomic E-state index is 4.58. The van der Waals surface area contributed by atoms with E-state index >= 15 is 0 Å². The molecule has 3 rings (SSSR count). The molecule has 3 unspecified atom stereocenters. The second-order valence-electron chi connectivity index (χ2n) is 5.79. The third-order valence-electron chi connectivity index (χ3n) is 4.47. The van der Waals surface area contributed by atoms with Gasteiger partial charge in [-0.05, 0) is 32.7 Å². The minimum atomic E-state index is 0.665. The van der Waals surface area contributed by atoms with Crippen LogP contribution in [0.15, 0.2) is 4.99 Å². The normalized spacial score (nSPS) is 42.4. The SMILES string of the molecule is CC1CN=C(NC2CC3CCCC(C2)N3C)S1. The smallest absolute Gasteiger partial charge is 0.157 e. The molecule has 3 atom stereocenters. The van der Waals surface area contributed by atoms with Crippen LogP contribution in [-0.4, -0.2) is 47.0 Å². The highest BCUT2D eigenvalue weighted by atomic mass is 32.2. The average Bonchev–Trinajstić information content (AvgIpc) is 2.66. The van der Waals surface area contributed by atoms with Crippen molar-refractivity contribution in [1.29, 1.82) is 0 Å². The van der Waals surface area contributed by atoms with Crippen molar-refractivity contribution in [2.75, 3.05) is 13.6 Å². The molecule has 0 amide bonds. The first kappa shape index (κ1) is 11.8. The third-order valence-corrected chi connectivity index (χ3v) is 5.49. The van der Waals surface area contributed by atoms with E-state index < -0.39 is 0 Å². The topological polar surface area (TPSA) is 27.6 Å². The van der Waals surface area contributed by atoms with Crippen molar-refractivity contribution in [3.63, 3.8) is 0 Å². The molecule has 3 aliphatic rings. The molecule has 96 valence electrons. The Morgan fingerprint density at radius 2 is 2.00 bits per heavy atom. The second kappa shape index (κ2) is 4.81. The Kier molecular flexibility index (Phi) is 3.35. The highest BCUT2D eigenvalue weighted by Crippen LogP contribution is 2.33. The summed E-state index contributed by atoms with van der Waals surface area (Å²) in [6, 6.07) is 2.28. The van der Waals surface area contributed by atoms with Crippen LogP contribution in [0.3, 0.4) is 0 Å². The molecule has 0 saturated carbocycles. The molecule has 0 radical (unpaired) electrons. The van der Waals surface area contributed by atoms with Crippen molar-refractivity contribution in [3.05, 3.63) is 0 Å². The molecule has 0 aromatic carbocycles. The molecule has 1 N–H and O–H groups in total. The quantitative estimate of drug-likeness (QED) is 0.775. The van der Waals surface area contributed by atoms with Gasteiger partial charge >= 0.3 is 0 Å². The molecule has 2 bridgehead atoms. The Morgan fingerprint density at radius 1 is 1.29 bits per heavy atom. The maximum Gasteiger partial charge on any atom is 0.157 e. The van der Waals surface area contributed by atoms with E-state index in [1.807, 2.05) is 11.8 Å². The van der Waals surface area contributed by atoms with Gasteiger partial charge in [-0.3, -0.25) is 4.99 Å². The fourth-order valence-electron chi connectivity index (χ4n) is 3.46. The highest BCUT2D eigenvalue weighted by Gasteiger charge is 2.36. The van der Waals surface area contributed by atoms with Gasteiger partial charge < -0.3 is 10.2 Å². The zero-order chi connectivity index (χ0) is 11.8. The largest absolute Gasteiger partial charge is 0.362 e. The molecule has 3 heterocycles. The number of fused-ring (bicyclic) bond motifs is 2. The van der Waals surface area contributed by atoms with E-state index in [1.165, 1.54) is 37.3 Å². The summed E-state index contributed by atoms with van der Waals surface area (Å²) in [7, 11) is 2.31. The summed E-state index contributed by atoms with van der Waals surface area (Å²) in [5.74, 6) is 0. The van der Waals surface area contributed by atoms with Crippen molar-refractivity contribution in [2.45, 2.75) is 62.4 Å². The minimum Gasteiger partial charge on any atom is -0.362 e. The van der Waals surface area contributed by atoms with Gasteiger partial charge in [0.15, 0.2) is 5.17 Å². The standard InChI is InChI=1S/C13H23N3S/c1-9-8-14-13(17-9)15-10-6-11-4-3-5-12(7-10)16(11)2/h9-12H,3-8H2,1-2H3,(H,14,15). The summed E-state index contributed by atoms with van der Waals surface area (Å²) in [4.78, 5) is 7.20. The minimum absolute atomic E-state index is 0.665. The van der Waals surface area contributed by atoms with Gasteiger partial charge in [-0.2, -0.15) is 0 Å². The molecule has 2 fully saturated rings. The van der Waals surface area contributed by atoms with Crippen LogP contribution in [0.25, 0.3) is 0 Å². The maximum atomic E-state index is 4.58. The van der Waals surface area contributed by atoms with E-state index in [0.717, 1.165) is 18.6 Å². The van der Waals surface area contributed by atoms with E-state index in [9.17, 15) is 0 Å². The van der Waals surface area contributed by atoms with Crippen molar-refractivity contribution in [2.24, 2.45) is 4.99 Å². The first-order valence-electron chi connectivity index (χ1n) is 6.92. The highest BCUT2D eigenvalue weighted by molar-refractivity contribution is 8.14. The fraction of sp³-hybridized carbons (Fsp3) is 0.923. The monoisotopic (exact) mass is 253 g/mol. The summed E-state index contributed by atoms with van der Waals surface area (Å²) < 4.78 is 0. The fourth-order valence-corrected chi connectivity index (χ4v) is 4.38. The Bertz CT molecular complexity index is 304. The van der Waals surface area contributed by atoms with Gasteiger partial charge in [0.25, 0.3) is 0 Å². The van der Waals surface area contributed by atoms with Crippen LogP contribution in [0.5, 0.6) is 0 Å². The number of thioether (sulfide) groups is 1. The summed E-state index contributed by atoms with van der Waals surface area (Å²) in [6.45, 7) is 3.25. The number of piperidine rings is 2. The van der Waals surface area contributed by atoms with Gasteiger partial charge in [-0.1, -0.05) is 25.1 Å². The molecule has 0 aromatic heterocycles.